The van der Waals surface area contributed by atoms with Crippen molar-refractivity contribution >= 4 is 46.4 Å². The third-order valence-corrected chi connectivity index (χ3v) is 5.94. The molecule has 0 radical (unpaired) electrons. The lowest BCUT2D eigenvalue weighted by atomic mass is 10.1. The lowest BCUT2D eigenvalue weighted by Gasteiger charge is -2.12. The molecule has 29 heavy (non-hydrogen) atoms. The Morgan fingerprint density at radius 2 is 2.00 bits per heavy atom. The fourth-order valence-electron chi connectivity index (χ4n) is 2.63. The van der Waals surface area contributed by atoms with Gasteiger partial charge in [0.15, 0.2) is 0 Å². The summed E-state index contributed by atoms with van der Waals surface area (Å²) in [5.41, 5.74) is 0.459. The van der Waals surface area contributed by atoms with Crippen LogP contribution >= 0.6 is 23.5 Å². The van der Waals surface area contributed by atoms with Gasteiger partial charge in [-0.05, 0) is 35.5 Å². The number of carbonyl (C=O) groups excluding carboxylic acids is 2. The third kappa shape index (κ3) is 4.84. The number of rotatable bonds is 7. The number of thioether (sulfide) groups is 2. The van der Waals surface area contributed by atoms with Crippen molar-refractivity contribution in [1.29, 1.82) is 0 Å². The maximum atomic E-state index is 13.8. The number of nitro groups is 1. The normalized spacial score (nSPS) is 15.4. The van der Waals surface area contributed by atoms with Crippen molar-refractivity contribution in [2.24, 2.45) is 0 Å². The first-order valence-electron chi connectivity index (χ1n) is 8.41. The Labute approximate surface area is 173 Å². The standard InChI is InChI=1S/C19H15FN2O5S2/c20-14-4-2-1-3-13(14)11-21-18(24)17(29-19(21)25)10-12-5-6-16(28-8-7-23)15(9-12)22(26)27/h1-6,9-10,23H,7-8,11H2/b17-10-. The molecule has 3 rings (SSSR count). The molecular weight excluding hydrogens is 419 g/mol. The predicted octanol–water partition coefficient (Wildman–Crippen LogP) is 4.05. The van der Waals surface area contributed by atoms with Crippen molar-refractivity contribution < 1.29 is 24.0 Å². The highest BCUT2D eigenvalue weighted by atomic mass is 32.2. The zero-order valence-electron chi connectivity index (χ0n) is 14.9. The molecule has 1 saturated heterocycles. The number of carbonyl (C=O) groups is 2. The molecule has 1 fully saturated rings. The number of aliphatic hydroxyl groups excluding tert-OH is 1. The first kappa shape index (κ1) is 21.0. The van der Waals surface area contributed by atoms with E-state index in [0.29, 0.717) is 28.0 Å². The van der Waals surface area contributed by atoms with Crippen molar-refractivity contribution in [3.63, 3.8) is 0 Å². The molecule has 1 heterocycles. The highest BCUT2D eigenvalue weighted by Gasteiger charge is 2.35. The number of hydrogen-bond donors (Lipinski definition) is 1. The van der Waals surface area contributed by atoms with E-state index < -0.39 is 21.9 Å². The zero-order valence-corrected chi connectivity index (χ0v) is 16.5. The molecule has 0 atom stereocenters. The average molecular weight is 434 g/mol. The first-order valence-corrected chi connectivity index (χ1v) is 10.2. The van der Waals surface area contributed by atoms with Gasteiger partial charge in [-0.15, -0.1) is 11.8 Å². The molecule has 1 aliphatic rings. The summed E-state index contributed by atoms with van der Waals surface area (Å²) in [6, 6.07) is 10.3. The number of halogens is 1. The van der Waals surface area contributed by atoms with E-state index in [1.807, 2.05) is 0 Å². The zero-order chi connectivity index (χ0) is 21.0. The van der Waals surface area contributed by atoms with Crippen LogP contribution in [-0.2, 0) is 11.3 Å². The van der Waals surface area contributed by atoms with E-state index in [2.05, 4.69) is 0 Å². The molecule has 0 aromatic heterocycles. The van der Waals surface area contributed by atoms with Crippen LogP contribution < -0.4 is 0 Å². The van der Waals surface area contributed by atoms with Crippen molar-refractivity contribution in [2.45, 2.75) is 11.4 Å². The van der Waals surface area contributed by atoms with Crippen LogP contribution in [0, 0.1) is 15.9 Å². The Balaban J connectivity index is 1.84. The Bertz CT molecular complexity index is 1010. The van der Waals surface area contributed by atoms with Gasteiger partial charge in [-0.25, -0.2) is 4.39 Å². The average Bonchev–Trinajstić information content (AvgIpc) is 2.95. The van der Waals surface area contributed by atoms with Gasteiger partial charge in [0.1, 0.15) is 5.82 Å². The molecule has 0 aliphatic carbocycles. The second-order valence-electron chi connectivity index (χ2n) is 5.92. The Morgan fingerprint density at radius 3 is 2.69 bits per heavy atom. The largest absolute Gasteiger partial charge is 0.396 e. The fraction of sp³-hybridized carbons (Fsp3) is 0.158. The van der Waals surface area contributed by atoms with Gasteiger partial charge in [-0.1, -0.05) is 24.3 Å². The summed E-state index contributed by atoms with van der Waals surface area (Å²) in [4.78, 5) is 37.0. The second-order valence-corrected chi connectivity index (χ2v) is 8.05. The molecule has 10 heteroatoms. The quantitative estimate of drug-likeness (QED) is 0.304. The predicted molar refractivity (Wildman–Crippen MR) is 109 cm³/mol. The molecule has 0 bridgehead atoms. The third-order valence-electron chi connectivity index (χ3n) is 3.99. The summed E-state index contributed by atoms with van der Waals surface area (Å²) in [6.07, 6.45) is 1.40. The molecule has 2 amide bonds. The molecule has 7 nitrogen and oxygen atoms in total. The van der Waals surface area contributed by atoms with Gasteiger partial charge in [0.25, 0.3) is 16.8 Å². The molecule has 2 aromatic rings. The van der Waals surface area contributed by atoms with E-state index in [9.17, 15) is 24.1 Å². The van der Waals surface area contributed by atoms with Crippen LogP contribution in [0.2, 0.25) is 0 Å². The molecule has 0 spiro atoms. The summed E-state index contributed by atoms with van der Waals surface area (Å²) >= 11 is 1.85. The van der Waals surface area contributed by atoms with Gasteiger partial charge in [0.2, 0.25) is 0 Å². The van der Waals surface area contributed by atoms with Crippen LogP contribution in [0.15, 0.2) is 52.3 Å². The Kier molecular flexibility index (Phi) is 6.68. The van der Waals surface area contributed by atoms with E-state index in [4.69, 9.17) is 5.11 Å². The number of amides is 2. The van der Waals surface area contributed by atoms with Crippen LogP contribution in [0.1, 0.15) is 11.1 Å². The minimum atomic E-state index is -0.579. The maximum absolute atomic E-state index is 13.8. The van der Waals surface area contributed by atoms with Crippen LogP contribution in [0.4, 0.5) is 14.9 Å². The fourth-order valence-corrected chi connectivity index (χ4v) is 4.22. The minimum Gasteiger partial charge on any atom is -0.396 e. The van der Waals surface area contributed by atoms with E-state index in [1.54, 1.807) is 12.1 Å². The number of nitro benzene ring substituents is 1. The van der Waals surface area contributed by atoms with Crippen molar-refractivity contribution in [2.75, 3.05) is 12.4 Å². The SMILES string of the molecule is O=C1S/C(=C\c2ccc(SCCO)c([N+](=O)[O-])c2)C(=O)N1Cc1ccccc1F. The van der Waals surface area contributed by atoms with Crippen LogP contribution in [-0.4, -0.2) is 38.4 Å². The first-order chi connectivity index (χ1) is 13.9. The number of imide groups is 1. The summed E-state index contributed by atoms with van der Waals surface area (Å²) in [5, 5.41) is 19.7. The van der Waals surface area contributed by atoms with Gasteiger partial charge in [0, 0.05) is 17.4 Å². The number of nitrogens with zero attached hydrogens (tertiary/aromatic N) is 2. The highest BCUT2D eigenvalue weighted by molar-refractivity contribution is 8.18. The monoisotopic (exact) mass is 434 g/mol. The van der Waals surface area contributed by atoms with Gasteiger partial charge in [-0.2, -0.15) is 0 Å². The van der Waals surface area contributed by atoms with Crippen molar-refractivity contribution in [1.82, 2.24) is 4.90 Å². The minimum absolute atomic E-state index is 0.108. The molecule has 1 N–H and O–H groups in total. The van der Waals surface area contributed by atoms with Crippen molar-refractivity contribution in [3.05, 3.63) is 74.4 Å². The van der Waals surface area contributed by atoms with Gasteiger partial charge in [-0.3, -0.25) is 24.6 Å². The van der Waals surface area contributed by atoms with E-state index in [0.717, 1.165) is 16.7 Å². The van der Waals surface area contributed by atoms with E-state index in [1.165, 1.54) is 36.4 Å². The second kappa shape index (κ2) is 9.21. The topological polar surface area (TPSA) is 101 Å². The van der Waals surface area contributed by atoms with E-state index >= 15 is 0 Å². The Morgan fingerprint density at radius 1 is 1.24 bits per heavy atom. The maximum Gasteiger partial charge on any atom is 0.293 e. The number of aliphatic hydroxyl groups is 1. The lowest BCUT2D eigenvalue weighted by molar-refractivity contribution is -0.387. The summed E-state index contributed by atoms with van der Waals surface area (Å²) in [6.45, 7) is -0.301. The molecule has 0 unspecified atom stereocenters. The van der Waals surface area contributed by atoms with Gasteiger partial charge < -0.3 is 5.11 Å². The summed E-state index contributed by atoms with van der Waals surface area (Å²) in [5.74, 6) is -0.776. The molecule has 150 valence electrons. The highest BCUT2D eigenvalue weighted by Crippen LogP contribution is 2.35. The molecule has 1 aliphatic heterocycles. The van der Waals surface area contributed by atoms with Crippen LogP contribution in [0.25, 0.3) is 6.08 Å². The van der Waals surface area contributed by atoms with Crippen molar-refractivity contribution in [3.8, 4) is 0 Å². The van der Waals surface area contributed by atoms with Crippen LogP contribution in [0.5, 0.6) is 0 Å². The van der Waals surface area contributed by atoms with Gasteiger partial charge in [0.05, 0.1) is 27.9 Å². The smallest absolute Gasteiger partial charge is 0.293 e. The molecule has 2 aromatic carbocycles. The summed E-state index contributed by atoms with van der Waals surface area (Å²) in [7, 11) is 0. The van der Waals surface area contributed by atoms with Crippen LogP contribution in [0.3, 0.4) is 0 Å². The van der Waals surface area contributed by atoms with Gasteiger partial charge >= 0.3 is 0 Å². The molecular formula is C19H15FN2O5S2. The van der Waals surface area contributed by atoms with E-state index in [-0.39, 0.29) is 29.3 Å². The summed E-state index contributed by atoms with van der Waals surface area (Å²) < 4.78 is 13.8. The molecule has 0 saturated carbocycles. The number of hydrogen-bond acceptors (Lipinski definition) is 7. The Hall–Kier alpha value is -2.69. The lowest BCUT2D eigenvalue weighted by Crippen LogP contribution is -2.27. The number of benzene rings is 2.